The molecule has 0 radical (unpaired) electrons. The number of carbonyl (C=O) groups excluding carboxylic acids is 2. The Morgan fingerprint density at radius 1 is 0.982 bits per heavy atom. The summed E-state index contributed by atoms with van der Waals surface area (Å²) in [5.41, 5.74) is 1.72. The summed E-state index contributed by atoms with van der Waals surface area (Å²) < 4.78 is 26.6. The molecule has 1 aliphatic heterocycles. The number of nitrogens with one attached hydrogen (secondary N) is 1. The molecule has 3 aromatic heterocycles. The van der Waals surface area contributed by atoms with E-state index in [1.165, 1.54) is 17.5 Å². The van der Waals surface area contributed by atoms with Crippen LogP contribution >= 0.6 is 0 Å². The minimum atomic E-state index is -0.623. The number of methoxy groups -OCH3 is 1. The molecule has 0 spiro atoms. The Balaban J connectivity index is 1.05. The topological polar surface area (TPSA) is 151 Å². The van der Waals surface area contributed by atoms with Crippen molar-refractivity contribution in [2.24, 2.45) is 5.41 Å². The maximum Gasteiger partial charge on any atom is 0.313 e. The van der Waals surface area contributed by atoms with Crippen LogP contribution in [0.15, 0.2) is 79.1 Å². The van der Waals surface area contributed by atoms with Crippen LogP contribution in [0.5, 0.6) is 23.0 Å². The summed E-state index contributed by atoms with van der Waals surface area (Å²) in [7, 11) is 3.75. The van der Waals surface area contributed by atoms with Gasteiger partial charge in [-0.15, -0.1) is 5.10 Å². The van der Waals surface area contributed by atoms with E-state index < -0.39 is 5.41 Å². The Hall–Kier alpha value is -5.96. The summed E-state index contributed by atoms with van der Waals surface area (Å²) in [6.07, 6.45) is 10.2. The number of pyridine rings is 1. The summed E-state index contributed by atoms with van der Waals surface area (Å²) in [5.74, 6) is 2.89. The van der Waals surface area contributed by atoms with Gasteiger partial charge in [0.2, 0.25) is 5.91 Å². The molecule has 56 heavy (non-hydrogen) atoms. The van der Waals surface area contributed by atoms with Crippen LogP contribution in [-0.2, 0) is 34.2 Å². The molecular weight excluding hydrogens is 715 g/mol. The van der Waals surface area contributed by atoms with Crippen molar-refractivity contribution in [1.82, 2.24) is 39.6 Å². The zero-order valence-corrected chi connectivity index (χ0v) is 32.6. The number of carbonyl (C=O) groups is 2. The van der Waals surface area contributed by atoms with Gasteiger partial charge in [0.1, 0.15) is 35.0 Å². The lowest BCUT2D eigenvalue weighted by atomic mass is 9.98. The summed E-state index contributed by atoms with van der Waals surface area (Å²) in [5, 5.41) is 17.3. The highest BCUT2D eigenvalue weighted by Gasteiger charge is 2.29. The number of benzene rings is 2. The molecule has 1 saturated carbocycles. The molecule has 294 valence electrons. The van der Waals surface area contributed by atoms with Gasteiger partial charge in [-0.25, -0.2) is 14.3 Å². The Morgan fingerprint density at radius 3 is 2.46 bits per heavy atom. The molecule has 15 nitrogen and oxygen atoms in total. The fourth-order valence-corrected chi connectivity index (χ4v) is 6.36. The molecule has 0 bridgehead atoms. The number of ether oxygens (including phenoxy) is 4. The van der Waals surface area contributed by atoms with E-state index in [1.807, 2.05) is 70.3 Å². The molecule has 15 heteroatoms. The lowest BCUT2D eigenvalue weighted by Crippen LogP contribution is -2.30. The van der Waals surface area contributed by atoms with Gasteiger partial charge in [0, 0.05) is 50.1 Å². The van der Waals surface area contributed by atoms with Crippen LogP contribution in [0.2, 0.25) is 0 Å². The molecule has 7 rings (SSSR count). The number of esters is 1. The van der Waals surface area contributed by atoms with Gasteiger partial charge in [-0.2, -0.15) is 5.10 Å². The molecule has 1 saturated heterocycles. The first kappa shape index (κ1) is 38.3. The van der Waals surface area contributed by atoms with Crippen LogP contribution in [0.4, 0.5) is 5.82 Å². The van der Waals surface area contributed by atoms with Gasteiger partial charge in [0.05, 0.1) is 31.0 Å². The second-order valence-electron chi connectivity index (χ2n) is 15.2. The average Bonchev–Trinajstić information content (AvgIpc) is 3.61. The summed E-state index contributed by atoms with van der Waals surface area (Å²) >= 11 is 0. The van der Waals surface area contributed by atoms with Gasteiger partial charge in [-0.3, -0.25) is 14.5 Å². The molecule has 1 amide bonds. The molecule has 2 aliphatic rings. The molecular formula is C41H49N9O6. The lowest BCUT2D eigenvalue weighted by Gasteiger charge is -2.17. The molecule has 2 aromatic carbocycles. The summed E-state index contributed by atoms with van der Waals surface area (Å²) in [6.45, 7) is 7.97. The first-order valence-corrected chi connectivity index (χ1v) is 18.9. The smallest absolute Gasteiger partial charge is 0.313 e. The van der Waals surface area contributed by atoms with Crippen molar-refractivity contribution in [3.63, 3.8) is 0 Å². The highest BCUT2D eigenvalue weighted by atomic mass is 16.5. The van der Waals surface area contributed by atoms with Gasteiger partial charge < -0.3 is 29.2 Å². The van der Waals surface area contributed by atoms with E-state index in [4.69, 9.17) is 29.0 Å². The van der Waals surface area contributed by atoms with E-state index in [-0.39, 0.29) is 31.3 Å². The molecule has 1 aliphatic carbocycles. The number of rotatable bonds is 16. The minimum absolute atomic E-state index is 0.00411. The number of amides is 1. The molecule has 4 heterocycles. The van der Waals surface area contributed by atoms with E-state index in [0.717, 1.165) is 29.7 Å². The van der Waals surface area contributed by atoms with Crippen LogP contribution in [-0.4, -0.2) is 97.3 Å². The fraction of sp³-hybridized carbons (Fsp3) is 0.415. The third kappa shape index (κ3) is 9.45. The van der Waals surface area contributed by atoms with Crippen LogP contribution in [0.1, 0.15) is 51.3 Å². The number of likely N-dealkylation sites (tertiary alicyclic amines) is 1. The van der Waals surface area contributed by atoms with Crippen molar-refractivity contribution in [3.8, 4) is 23.0 Å². The monoisotopic (exact) mass is 763 g/mol. The van der Waals surface area contributed by atoms with Crippen molar-refractivity contribution >= 4 is 28.7 Å². The van der Waals surface area contributed by atoms with Crippen LogP contribution < -0.4 is 19.5 Å². The van der Waals surface area contributed by atoms with Crippen LogP contribution in [0, 0.1) is 5.41 Å². The Kier molecular flexibility index (Phi) is 11.5. The van der Waals surface area contributed by atoms with Gasteiger partial charge in [-0.1, -0.05) is 23.4 Å². The predicted octanol–water partition coefficient (Wildman–Crippen LogP) is 5.66. The van der Waals surface area contributed by atoms with E-state index in [1.54, 1.807) is 46.4 Å². The van der Waals surface area contributed by atoms with Crippen molar-refractivity contribution in [2.75, 3.05) is 39.1 Å². The molecule has 0 unspecified atom stereocenters. The number of nitrogens with zero attached hydrogens (tertiary/aromatic N) is 8. The molecule has 1 N–H and O–H groups in total. The highest BCUT2D eigenvalue weighted by Crippen LogP contribution is 2.36. The lowest BCUT2D eigenvalue weighted by molar-refractivity contribution is -0.157. The molecule has 1 atom stereocenters. The Bertz CT molecular complexity index is 2150. The van der Waals surface area contributed by atoms with E-state index in [9.17, 15) is 9.59 Å². The number of aromatic nitrogens is 6. The largest absolute Gasteiger partial charge is 0.497 e. The van der Waals surface area contributed by atoms with Crippen molar-refractivity contribution in [3.05, 3.63) is 90.4 Å². The highest BCUT2D eigenvalue weighted by molar-refractivity contribution is 5.94. The SMILES string of the molecule is COc1ccc(Cn2nc(N[C@@H]3CCN(C(=O)/C=C/CN(C)C4CC4)C3)c3c(Oc4ccc(OCc5cnnn5COC(=O)C(C)(C)C)cc4)ccnc32)cc1. The van der Waals surface area contributed by atoms with E-state index >= 15 is 0 Å². The maximum atomic E-state index is 13.1. The second kappa shape index (κ2) is 16.8. The average molecular weight is 764 g/mol. The van der Waals surface area contributed by atoms with Gasteiger partial charge in [0.25, 0.3) is 0 Å². The number of anilines is 1. The minimum Gasteiger partial charge on any atom is -0.497 e. The van der Waals surface area contributed by atoms with Gasteiger partial charge in [0.15, 0.2) is 18.2 Å². The Labute approximate surface area is 326 Å². The third-order valence-electron chi connectivity index (χ3n) is 9.82. The predicted molar refractivity (Wildman–Crippen MR) is 209 cm³/mol. The van der Waals surface area contributed by atoms with Crippen molar-refractivity contribution in [2.45, 2.75) is 72.0 Å². The van der Waals surface area contributed by atoms with Gasteiger partial charge in [-0.05, 0) is 89.0 Å². The zero-order chi connectivity index (χ0) is 39.2. The third-order valence-corrected chi connectivity index (χ3v) is 9.82. The van der Waals surface area contributed by atoms with Crippen molar-refractivity contribution in [1.29, 1.82) is 0 Å². The number of fused-ring (bicyclic) bond motifs is 1. The normalized spacial score (nSPS) is 15.8. The standard InChI is InChI=1S/C41H49N9O6/c1-41(2,3)40(52)55-27-50-31(23-43-46-50)26-54-33-14-16-34(17-15-33)56-35-18-20-42-39-37(35)38(45-49(39)24-28-8-12-32(53-5)13-9-28)44-29-19-22-48(25-29)36(51)7-6-21-47(4)30-10-11-30/h6-9,12-18,20,23,29-30H,10-11,19,21-22,24-27H2,1-5H3,(H,44,45)/b7-6+/t29-/m1/s1. The maximum absolute atomic E-state index is 13.1. The van der Waals surface area contributed by atoms with Crippen LogP contribution in [0.25, 0.3) is 11.0 Å². The van der Waals surface area contributed by atoms with E-state index in [2.05, 4.69) is 27.6 Å². The fourth-order valence-electron chi connectivity index (χ4n) is 6.36. The number of hydrogen-bond donors (Lipinski definition) is 1. The summed E-state index contributed by atoms with van der Waals surface area (Å²) in [4.78, 5) is 34.2. The van der Waals surface area contributed by atoms with E-state index in [0.29, 0.717) is 60.1 Å². The summed E-state index contributed by atoms with van der Waals surface area (Å²) in [6, 6.07) is 17.6. The second-order valence-corrected chi connectivity index (χ2v) is 15.2. The first-order chi connectivity index (χ1) is 27.0. The first-order valence-electron chi connectivity index (χ1n) is 18.9. The molecule has 5 aromatic rings. The molecule has 2 fully saturated rings. The van der Waals surface area contributed by atoms with Gasteiger partial charge >= 0.3 is 5.97 Å². The van der Waals surface area contributed by atoms with Crippen molar-refractivity contribution < 1.29 is 28.5 Å². The Morgan fingerprint density at radius 2 is 1.73 bits per heavy atom. The quantitative estimate of drug-likeness (QED) is 0.0976. The number of likely N-dealkylation sites (N-methyl/N-ethyl adjacent to an activating group) is 1. The zero-order valence-electron chi connectivity index (χ0n) is 32.6. The number of hydrogen-bond acceptors (Lipinski definition) is 12. The van der Waals surface area contributed by atoms with Crippen LogP contribution in [0.3, 0.4) is 0 Å².